The minimum atomic E-state index is -0.672. The van der Waals surface area contributed by atoms with E-state index in [2.05, 4.69) is 36.1 Å². The van der Waals surface area contributed by atoms with Crippen molar-refractivity contribution in [1.82, 2.24) is 9.47 Å². The van der Waals surface area contributed by atoms with Gasteiger partial charge in [0, 0.05) is 36.3 Å². The molecule has 1 atom stereocenters. The van der Waals surface area contributed by atoms with Crippen molar-refractivity contribution in [3.63, 3.8) is 0 Å². The van der Waals surface area contributed by atoms with Gasteiger partial charge in [0.05, 0.1) is 12.5 Å². The lowest BCUT2D eigenvalue weighted by Crippen LogP contribution is -2.34. The van der Waals surface area contributed by atoms with Crippen LogP contribution in [0.15, 0.2) is 54.6 Å². The molecule has 2 aromatic carbocycles. The topological polar surface area (TPSA) is 95.2 Å². The number of ether oxygens (including phenoxy) is 1. The minimum absolute atomic E-state index is 0.00418. The maximum absolute atomic E-state index is 11.4. The number of rotatable bonds is 11. The summed E-state index contributed by atoms with van der Waals surface area (Å²) in [7, 11) is 0. The molecule has 0 amide bonds. The lowest BCUT2D eigenvalue weighted by molar-refractivity contribution is -0.143. The van der Waals surface area contributed by atoms with Crippen molar-refractivity contribution in [2.24, 2.45) is 11.8 Å². The van der Waals surface area contributed by atoms with E-state index in [1.54, 1.807) is 0 Å². The molecular formula is C30H37ClN2O5. The molecule has 3 N–H and O–H groups in total. The Morgan fingerprint density at radius 1 is 1.05 bits per heavy atom. The molecule has 0 bridgehead atoms. The number of aromatic nitrogens is 1. The largest absolute Gasteiger partial charge is 0.494 e. The predicted molar refractivity (Wildman–Crippen MR) is 148 cm³/mol. The predicted octanol–water partition coefficient (Wildman–Crippen LogP) is 6.39. The molecule has 204 valence electrons. The average Bonchev–Trinajstić information content (AvgIpc) is 3.22. The van der Waals surface area contributed by atoms with Gasteiger partial charge in [-0.1, -0.05) is 35.9 Å². The van der Waals surface area contributed by atoms with E-state index in [9.17, 15) is 20.1 Å². The van der Waals surface area contributed by atoms with Gasteiger partial charge >= 0.3 is 5.97 Å². The van der Waals surface area contributed by atoms with Crippen LogP contribution in [0.2, 0.25) is 5.02 Å². The molecule has 1 aromatic heterocycles. The Morgan fingerprint density at radius 2 is 1.71 bits per heavy atom. The lowest BCUT2D eigenvalue weighted by atomic mass is 9.81. The fraction of sp³-hybridized carbons (Fsp3) is 0.433. The summed E-state index contributed by atoms with van der Waals surface area (Å²) < 4.78 is 7.33. The summed E-state index contributed by atoms with van der Waals surface area (Å²) in [5.41, 5.74) is 3.39. The van der Waals surface area contributed by atoms with Gasteiger partial charge < -0.3 is 20.1 Å². The lowest BCUT2D eigenvalue weighted by Gasteiger charge is -2.35. The smallest absolute Gasteiger partial charge is 0.306 e. The van der Waals surface area contributed by atoms with Crippen LogP contribution in [0.4, 0.5) is 0 Å². The van der Waals surface area contributed by atoms with E-state index in [0.717, 1.165) is 50.1 Å². The molecule has 0 unspecified atom stereocenters. The second kappa shape index (κ2) is 12.6. The standard InChI is InChI=1S/C30H37ClN2O5/c1-20-17-23(5-12-27(20)38-16-15-33-28(34)13-14-29(33)35)19-32(21(2)24-8-10-26(31)11-9-24)18-22-3-6-25(7-4-22)30(36)37/h5,8-14,17,21-22,25,34-35H,3-4,6-7,15-16,18-19H2,1-2H3,(H,36,37)/t21-,22?,25?/m0/s1. The van der Waals surface area contributed by atoms with Crippen molar-refractivity contribution in [3.8, 4) is 17.5 Å². The summed E-state index contributed by atoms with van der Waals surface area (Å²) in [4.78, 5) is 13.9. The molecule has 1 fully saturated rings. The maximum atomic E-state index is 11.4. The van der Waals surface area contributed by atoms with Gasteiger partial charge in [-0.2, -0.15) is 0 Å². The summed E-state index contributed by atoms with van der Waals surface area (Å²) in [6.45, 7) is 6.54. The van der Waals surface area contributed by atoms with Crippen molar-refractivity contribution in [2.45, 2.75) is 58.7 Å². The molecule has 0 aliphatic heterocycles. The van der Waals surface area contributed by atoms with E-state index in [1.807, 2.05) is 25.1 Å². The zero-order chi connectivity index (χ0) is 27.2. The van der Waals surface area contributed by atoms with E-state index >= 15 is 0 Å². The first kappa shape index (κ1) is 27.9. The minimum Gasteiger partial charge on any atom is -0.494 e. The van der Waals surface area contributed by atoms with Crippen LogP contribution in [0, 0.1) is 18.8 Å². The normalized spacial score (nSPS) is 18.4. The van der Waals surface area contributed by atoms with E-state index < -0.39 is 5.97 Å². The van der Waals surface area contributed by atoms with Gasteiger partial charge in [-0.3, -0.25) is 14.3 Å². The third-order valence-corrected chi connectivity index (χ3v) is 7.97. The molecule has 0 radical (unpaired) electrons. The summed E-state index contributed by atoms with van der Waals surface area (Å²) >= 11 is 6.13. The van der Waals surface area contributed by atoms with Crippen LogP contribution in [-0.4, -0.2) is 43.9 Å². The zero-order valence-corrected chi connectivity index (χ0v) is 22.8. The molecule has 0 spiro atoms. The molecule has 1 saturated carbocycles. The Balaban J connectivity index is 1.43. The SMILES string of the molecule is Cc1cc(CN(CC2CCC(C(=O)O)CC2)[C@@H](C)c2ccc(Cl)cc2)ccc1OCCn1c(O)ccc1O. The third-order valence-electron chi connectivity index (χ3n) is 7.72. The highest BCUT2D eigenvalue weighted by Crippen LogP contribution is 2.33. The fourth-order valence-electron chi connectivity index (χ4n) is 5.36. The molecule has 4 rings (SSSR count). The number of carboxylic acid groups (broad SMARTS) is 1. The average molecular weight is 541 g/mol. The summed E-state index contributed by atoms with van der Waals surface area (Å²) in [5, 5.41) is 29.7. The summed E-state index contributed by atoms with van der Waals surface area (Å²) in [5.74, 6) is 0.354. The van der Waals surface area contributed by atoms with Gasteiger partial charge in [0.15, 0.2) is 11.8 Å². The van der Waals surface area contributed by atoms with Crippen LogP contribution in [0.25, 0.3) is 0 Å². The molecule has 3 aromatic rings. The summed E-state index contributed by atoms with van der Waals surface area (Å²) in [6.07, 6.45) is 3.35. The molecule has 38 heavy (non-hydrogen) atoms. The Bertz CT molecular complexity index is 1200. The molecule has 7 nitrogen and oxygen atoms in total. The highest BCUT2D eigenvalue weighted by Gasteiger charge is 2.28. The highest BCUT2D eigenvalue weighted by molar-refractivity contribution is 6.30. The number of halogens is 1. The fourth-order valence-corrected chi connectivity index (χ4v) is 5.49. The van der Waals surface area contributed by atoms with Crippen molar-refractivity contribution < 1.29 is 24.9 Å². The van der Waals surface area contributed by atoms with Crippen LogP contribution in [0.3, 0.4) is 0 Å². The molecular weight excluding hydrogens is 504 g/mol. The summed E-state index contributed by atoms with van der Waals surface area (Å²) in [6, 6.07) is 17.3. The Hall–Kier alpha value is -3.16. The molecule has 1 heterocycles. The first-order chi connectivity index (χ1) is 18.2. The van der Waals surface area contributed by atoms with E-state index in [4.69, 9.17) is 16.3 Å². The number of benzene rings is 2. The van der Waals surface area contributed by atoms with E-state index in [-0.39, 0.29) is 23.7 Å². The molecule has 1 aliphatic rings. The number of aromatic hydroxyl groups is 2. The van der Waals surface area contributed by atoms with Crippen LogP contribution in [-0.2, 0) is 17.9 Å². The number of hydrogen-bond donors (Lipinski definition) is 3. The van der Waals surface area contributed by atoms with Crippen molar-refractivity contribution >= 4 is 17.6 Å². The van der Waals surface area contributed by atoms with Gasteiger partial charge in [0.2, 0.25) is 0 Å². The zero-order valence-electron chi connectivity index (χ0n) is 22.0. The maximum Gasteiger partial charge on any atom is 0.306 e. The van der Waals surface area contributed by atoms with Crippen molar-refractivity contribution in [2.75, 3.05) is 13.2 Å². The van der Waals surface area contributed by atoms with Gasteiger partial charge in [-0.25, -0.2) is 0 Å². The van der Waals surface area contributed by atoms with Crippen LogP contribution < -0.4 is 4.74 Å². The van der Waals surface area contributed by atoms with Crippen LogP contribution in [0.1, 0.15) is 55.3 Å². The van der Waals surface area contributed by atoms with E-state index in [0.29, 0.717) is 24.1 Å². The molecule has 1 aliphatic carbocycles. The Kier molecular flexibility index (Phi) is 9.23. The number of carboxylic acids is 1. The van der Waals surface area contributed by atoms with Gasteiger partial charge in [-0.05, 0) is 80.3 Å². The van der Waals surface area contributed by atoms with Crippen molar-refractivity contribution in [1.29, 1.82) is 0 Å². The van der Waals surface area contributed by atoms with Gasteiger partial charge in [0.1, 0.15) is 12.4 Å². The van der Waals surface area contributed by atoms with Crippen molar-refractivity contribution in [3.05, 3.63) is 76.3 Å². The number of nitrogens with zero attached hydrogens (tertiary/aromatic N) is 2. The number of aryl methyl sites for hydroxylation is 1. The number of aliphatic carboxylic acids is 1. The first-order valence-corrected chi connectivity index (χ1v) is 13.6. The Morgan fingerprint density at radius 3 is 2.32 bits per heavy atom. The third kappa shape index (κ3) is 7.03. The second-order valence-electron chi connectivity index (χ2n) is 10.4. The quantitative estimate of drug-likeness (QED) is 0.261. The Labute approximate surface area is 229 Å². The molecule has 0 saturated heterocycles. The second-order valence-corrected chi connectivity index (χ2v) is 10.8. The number of carbonyl (C=O) groups is 1. The highest BCUT2D eigenvalue weighted by atomic mass is 35.5. The van der Waals surface area contributed by atoms with Gasteiger partial charge in [0.25, 0.3) is 0 Å². The van der Waals surface area contributed by atoms with Crippen LogP contribution >= 0.6 is 11.6 Å². The molecule has 8 heteroatoms. The van der Waals surface area contributed by atoms with E-state index in [1.165, 1.54) is 27.8 Å². The van der Waals surface area contributed by atoms with Crippen LogP contribution in [0.5, 0.6) is 17.5 Å². The first-order valence-electron chi connectivity index (χ1n) is 13.2. The van der Waals surface area contributed by atoms with Gasteiger partial charge in [-0.15, -0.1) is 0 Å². The monoisotopic (exact) mass is 540 g/mol. The number of hydrogen-bond acceptors (Lipinski definition) is 5.